The van der Waals surface area contributed by atoms with E-state index in [1.807, 2.05) is 47.1 Å². The van der Waals surface area contributed by atoms with Crippen molar-refractivity contribution in [1.82, 2.24) is 14.7 Å². The number of fused-ring (bicyclic) bond motifs is 3. The summed E-state index contributed by atoms with van der Waals surface area (Å²) in [6, 6.07) is 22.7. The van der Waals surface area contributed by atoms with Gasteiger partial charge in [0.15, 0.2) is 0 Å². The Kier molecular flexibility index (Phi) is 6.04. The Hall–Kier alpha value is -3.22. The van der Waals surface area contributed by atoms with Crippen LogP contribution in [-0.2, 0) is 29.1 Å². The SMILES string of the molecule is CCc1sc2ccccc2c1CN1CCN2C(=O)C(C)(C)N(Cc3ccc4ccccc4c3)C(=O)C2C1. The van der Waals surface area contributed by atoms with Crippen molar-refractivity contribution in [2.24, 2.45) is 0 Å². The van der Waals surface area contributed by atoms with Crippen LogP contribution in [0.2, 0.25) is 0 Å². The lowest BCUT2D eigenvalue weighted by atomic mass is 9.91. The largest absolute Gasteiger partial charge is 0.326 e. The summed E-state index contributed by atoms with van der Waals surface area (Å²) in [7, 11) is 0. The molecule has 6 rings (SSSR count). The average molecular weight is 512 g/mol. The first-order valence-corrected chi connectivity index (χ1v) is 14.0. The van der Waals surface area contributed by atoms with Gasteiger partial charge in [-0.25, -0.2) is 0 Å². The van der Waals surface area contributed by atoms with Gasteiger partial charge < -0.3 is 9.80 Å². The maximum absolute atomic E-state index is 14.0. The summed E-state index contributed by atoms with van der Waals surface area (Å²) in [5.41, 5.74) is 1.55. The highest BCUT2D eigenvalue weighted by Crippen LogP contribution is 2.35. The number of amides is 2. The number of hydrogen-bond donors (Lipinski definition) is 0. The number of nitrogens with zero attached hydrogens (tertiary/aromatic N) is 3. The van der Waals surface area contributed by atoms with Crippen LogP contribution in [0.15, 0.2) is 66.7 Å². The first-order valence-electron chi connectivity index (χ1n) is 13.2. The van der Waals surface area contributed by atoms with Crippen LogP contribution in [-0.4, -0.2) is 57.7 Å². The average Bonchev–Trinajstić information content (AvgIpc) is 3.27. The zero-order valence-corrected chi connectivity index (χ0v) is 22.6. The van der Waals surface area contributed by atoms with E-state index < -0.39 is 11.6 Å². The van der Waals surface area contributed by atoms with E-state index in [1.165, 1.54) is 25.9 Å². The van der Waals surface area contributed by atoms with Gasteiger partial charge in [-0.15, -0.1) is 11.3 Å². The van der Waals surface area contributed by atoms with Crippen LogP contribution < -0.4 is 0 Å². The van der Waals surface area contributed by atoms with E-state index in [9.17, 15) is 9.59 Å². The molecule has 1 atom stereocenters. The zero-order valence-electron chi connectivity index (χ0n) is 21.7. The van der Waals surface area contributed by atoms with Crippen LogP contribution in [0.1, 0.15) is 36.8 Å². The van der Waals surface area contributed by atoms with Gasteiger partial charge in [0.1, 0.15) is 11.6 Å². The second-order valence-corrected chi connectivity index (χ2v) is 11.9. The van der Waals surface area contributed by atoms with Gasteiger partial charge >= 0.3 is 0 Å². The number of piperazine rings is 2. The maximum Gasteiger partial charge on any atom is 0.248 e. The van der Waals surface area contributed by atoms with E-state index in [2.05, 4.69) is 66.4 Å². The highest BCUT2D eigenvalue weighted by atomic mass is 32.1. The van der Waals surface area contributed by atoms with Gasteiger partial charge in [0, 0.05) is 42.3 Å². The van der Waals surface area contributed by atoms with E-state index in [4.69, 9.17) is 0 Å². The van der Waals surface area contributed by atoms with Crippen molar-refractivity contribution < 1.29 is 9.59 Å². The van der Waals surface area contributed by atoms with Gasteiger partial charge in [-0.2, -0.15) is 0 Å². The highest BCUT2D eigenvalue weighted by molar-refractivity contribution is 7.19. The lowest BCUT2D eigenvalue weighted by Gasteiger charge is -2.52. The number of rotatable bonds is 5. The molecule has 190 valence electrons. The predicted octanol–water partition coefficient (Wildman–Crippen LogP) is 5.45. The Morgan fingerprint density at radius 2 is 1.68 bits per heavy atom. The molecule has 2 saturated heterocycles. The third-order valence-corrected chi connectivity index (χ3v) is 9.47. The standard InChI is InChI=1S/C31H33N3O2S/c1-4-27-25(24-11-7-8-12-28(24)37-27)19-32-15-16-33-26(20-32)29(35)34(31(2,3)30(33)36)18-21-13-14-22-9-5-6-10-23(22)17-21/h5-14,17,26H,4,15-16,18-20H2,1-3H3. The molecule has 6 heteroatoms. The molecule has 2 amide bonds. The number of benzene rings is 3. The Bertz CT molecular complexity index is 1510. The molecule has 3 aromatic carbocycles. The van der Waals surface area contributed by atoms with Crippen molar-refractivity contribution in [3.63, 3.8) is 0 Å². The van der Waals surface area contributed by atoms with Gasteiger partial charge in [0.05, 0.1) is 0 Å². The Labute approximate surface area is 222 Å². The molecule has 0 aliphatic carbocycles. The summed E-state index contributed by atoms with van der Waals surface area (Å²) in [6.07, 6.45) is 1.00. The maximum atomic E-state index is 14.0. The lowest BCUT2D eigenvalue weighted by molar-refractivity contribution is -0.173. The molecule has 0 spiro atoms. The van der Waals surface area contributed by atoms with Crippen molar-refractivity contribution >= 4 is 44.0 Å². The fourth-order valence-corrected chi connectivity index (χ4v) is 7.14. The minimum Gasteiger partial charge on any atom is -0.326 e. The molecule has 3 heterocycles. The molecule has 0 radical (unpaired) electrons. The van der Waals surface area contributed by atoms with Crippen molar-refractivity contribution in [3.05, 3.63) is 82.7 Å². The Morgan fingerprint density at radius 1 is 0.919 bits per heavy atom. The molecule has 5 nitrogen and oxygen atoms in total. The van der Waals surface area contributed by atoms with Crippen LogP contribution in [0.5, 0.6) is 0 Å². The molecule has 2 aliphatic heterocycles. The molecule has 1 aromatic heterocycles. The summed E-state index contributed by atoms with van der Waals surface area (Å²) in [5, 5.41) is 3.64. The predicted molar refractivity (Wildman–Crippen MR) is 151 cm³/mol. The second-order valence-electron chi connectivity index (χ2n) is 10.8. The van der Waals surface area contributed by atoms with E-state index in [0.717, 1.165) is 30.5 Å². The molecule has 2 fully saturated rings. The third kappa shape index (κ3) is 4.12. The molecule has 0 bridgehead atoms. The van der Waals surface area contributed by atoms with E-state index in [-0.39, 0.29) is 11.8 Å². The molecule has 37 heavy (non-hydrogen) atoms. The number of carbonyl (C=O) groups excluding carboxylic acids is 2. The van der Waals surface area contributed by atoms with Gasteiger partial charge in [0.25, 0.3) is 0 Å². The number of thiophene rings is 1. The summed E-state index contributed by atoms with van der Waals surface area (Å²) >= 11 is 1.87. The van der Waals surface area contributed by atoms with Crippen molar-refractivity contribution in [3.8, 4) is 0 Å². The quantitative estimate of drug-likeness (QED) is 0.358. The zero-order chi connectivity index (χ0) is 25.7. The van der Waals surface area contributed by atoms with Crippen LogP contribution in [0.25, 0.3) is 20.9 Å². The molecule has 4 aromatic rings. The normalized spacial score (nSPS) is 20.1. The smallest absolute Gasteiger partial charge is 0.248 e. The van der Waals surface area contributed by atoms with Gasteiger partial charge in [-0.3, -0.25) is 14.5 Å². The summed E-state index contributed by atoms with van der Waals surface area (Å²) in [5.74, 6) is 0.0983. The number of hydrogen-bond acceptors (Lipinski definition) is 4. The summed E-state index contributed by atoms with van der Waals surface area (Å²) in [6.45, 7) is 9.18. The minimum atomic E-state index is -0.875. The highest BCUT2D eigenvalue weighted by Gasteiger charge is 2.52. The van der Waals surface area contributed by atoms with Crippen molar-refractivity contribution in [2.45, 2.75) is 51.9 Å². The molecular formula is C31H33N3O2S. The lowest BCUT2D eigenvalue weighted by Crippen LogP contribution is -2.73. The third-order valence-electron chi connectivity index (χ3n) is 8.11. The summed E-state index contributed by atoms with van der Waals surface area (Å²) < 4.78 is 1.32. The Balaban J connectivity index is 1.26. The van der Waals surface area contributed by atoms with Crippen LogP contribution in [0.4, 0.5) is 0 Å². The Morgan fingerprint density at radius 3 is 2.49 bits per heavy atom. The van der Waals surface area contributed by atoms with Crippen LogP contribution >= 0.6 is 11.3 Å². The number of aryl methyl sites for hydroxylation is 1. The van der Waals surface area contributed by atoms with E-state index >= 15 is 0 Å². The molecule has 0 N–H and O–H groups in total. The monoisotopic (exact) mass is 511 g/mol. The van der Waals surface area contributed by atoms with Crippen molar-refractivity contribution in [2.75, 3.05) is 19.6 Å². The second kappa shape index (κ2) is 9.26. The number of carbonyl (C=O) groups is 2. The fraction of sp³-hybridized carbons (Fsp3) is 0.355. The van der Waals surface area contributed by atoms with E-state index in [0.29, 0.717) is 19.6 Å². The van der Waals surface area contributed by atoms with Gasteiger partial charge in [-0.1, -0.05) is 61.5 Å². The van der Waals surface area contributed by atoms with Crippen LogP contribution in [0.3, 0.4) is 0 Å². The molecule has 2 aliphatic rings. The molecular weight excluding hydrogens is 478 g/mol. The minimum absolute atomic E-state index is 0.0489. The molecule has 0 saturated carbocycles. The van der Waals surface area contributed by atoms with Crippen LogP contribution in [0, 0.1) is 0 Å². The van der Waals surface area contributed by atoms with Gasteiger partial charge in [0.2, 0.25) is 11.8 Å². The van der Waals surface area contributed by atoms with Gasteiger partial charge in [-0.05, 0) is 59.7 Å². The fourth-order valence-electron chi connectivity index (χ4n) is 5.99. The molecule has 1 unspecified atom stereocenters. The summed E-state index contributed by atoms with van der Waals surface area (Å²) in [4.78, 5) is 35.1. The first kappa shape index (κ1) is 24.1. The van der Waals surface area contributed by atoms with E-state index in [1.54, 1.807) is 0 Å². The van der Waals surface area contributed by atoms with Crippen molar-refractivity contribution in [1.29, 1.82) is 0 Å². The topological polar surface area (TPSA) is 43.9 Å². The first-order chi connectivity index (χ1) is 17.9.